The number of aryl methyl sites for hydroxylation is 2. The first-order valence-electron chi connectivity index (χ1n) is 11.1. The zero-order valence-corrected chi connectivity index (χ0v) is 18.8. The summed E-state index contributed by atoms with van der Waals surface area (Å²) in [5.41, 5.74) is 9.44. The number of hydrogen-bond acceptors (Lipinski definition) is 5. The summed E-state index contributed by atoms with van der Waals surface area (Å²) in [7, 11) is 0. The third kappa shape index (κ3) is 5.19. The minimum Gasteiger partial charge on any atom is -0.365 e. The minimum atomic E-state index is -0.632. The number of carbonyl (C=O) groups excluding carboxylic acids is 3. The van der Waals surface area contributed by atoms with Gasteiger partial charge in [-0.3, -0.25) is 14.4 Å². The monoisotopic (exact) mass is 448 g/mol. The molecule has 2 aromatic heterocycles. The summed E-state index contributed by atoms with van der Waals surface area (Å²) in [5.74, 6) is -0.947. The van der Waals surface area contributed by atoms with Gasteiger partial charge in [0.1, 0.15) is 11.6 Å². The summed E-state index contributed by atoms with van der Waals surface area (Å²) in [4.78, 5) is 41.6. The van der Waals surface area contributed by atoms with Gasteiger partial charge in [-0.15, -0.1) is 0 Å². The molecule has 4 rings (SSSR count). The highest BCUT2D eigenvalue weighted by atomic mass is 16.2. The number of nitrogens with one attached hydrogen (secondary N) is 2. The largest absolute Gasteiger partial charge is 0.365 e. The van der Waals surface area contributed by atoms with E-state index >= 15 is 0 Å². The van der Waals surface area contributed by atoms with Crippen LogP contribution in [-0.2, 0) is 22.4 Å². The summed E-state index contributed by atoms with van der Waals surface area (Å²) >= 11 is 0. The van der Waals surface area contributed by atoms with Crippen molar-refractivity contribution in [3.05, 3.63) is 64.6 Å². The van der Waals surface area contributed by atoms with E-state index in [1.807, 2.05) is 44.2 Å². The van der Waals surface area contributed by atoms with Crippen LogP contribution in [0.4, 0.5) is 0 Å². The molecule has 1 saturated carbocycles. The standard InChI is InChI=1S/C24H28N6O3/c1-14-18(15(2)30-23(27-14)19(13-26-30)22(25)32)10-11-21(31)29-20(24(33)28-17-8-9-17)12-16-6-4-3-5-7-16/h3-7,13,17,20H,8-12H2,1-2H3,(H2,25,32)(H,28,33)(H,29,31). The Bertz CT molecular complexity index is 1200. The van der Waals surface area contributed by atoms with Crippen LogP contribution in [0.3, 0.4) is 0 Å². The summed E-state index contributed by atoms with van der Waals surface area (Å²) in [6, 6.07) is 9.23. The Labute approximate surface area is 191 Å². The van der Waals surface area contributed by atoms with E-state index in [1.54, 1.807) is 4.52 Å². The highest BCUT2D eigenvalue weighted by molar-refractivity contribution is 5.98. The molecule has 2 heterocycles. The van der Waals surface area contributed by atoms with Crippen LogP contribution in [0.1, 0.15) is 52.1 Å². The zero-order valence-electron chi connectivity index (χ0n) is 18.8. The van der Waals surface area contributed by atoms with Crippen LogP contribution in [0.5, 0.6) is 0 Å². The van der Waals surface area contributed by atoms with E-state index in [-0.39, 0.29) is 29.8 Å². The molecule has 0 spiro atoms. The number of nitrogens with zero attached hydrogens (tertiary/aromatic N) is 3. The maximum absolute atomic E-state index is 12.8. The van der Waals surface area contributed by atoms with Crippen molar-refractivity contribution in [1.29, 1.82) is 0 Å². The fraction of sp³-hybridized carbons (Fsp3) is 0.375. The molecule has 0 aliphatic heterocycles. The smallest absolute Gasteiger partial charge is 0.254 e. The number of benzene rings is 1. The lowest BCUT2D eigenvalue weighted by Gasteiger charge is -2.19. The van der Waals surface area contributed by atoms with Crippen LogP contribution in [-0.4, -0.2) is 44.4 Å². The summed E-state index contributed by atoms with van der Waals surface area (Å²) in [5, 5.41) is 10.1. The third-order valence-electron chi connectivity index (χ3n) is 5.93. The average molecular weight is 449 g/mol. The molecule has 0 bridgehead atoms. The van der Waals surface area contributed by atoms with E-state index in [9.17, 15) is 14.4 Å². The highest BCUT2D eigenvalue weighted by Gasteiger charge is 2.28. The highest BCUT2D eigenvalue weighted by Crippen LogP contribution is 2.20. The van der Waals surface area contributed by atoms with Gasteiger partial charge in [0.2, 0.25) is 11.8 Å². The molecule has 1 aliphatic carbocycles. The molecule has 3 amide bonds. The van der Waals surface area contributed by atoms with E-state index in [2.05, 4.69) is 20.7 Å². The summed E-state index contributed by atoms with van der Waals surface area (Å²) < 4.78 is 1.57. The van der Waals surface area contributed by atoms with Gasteiger partial charge in [-0.1, -0.05) is 30.3 Å². The number of aromatic nitrogens is 3. The lowest BCUT2D eigenvalue weighted by atomic mass is 10.0. The van der Waals surface area contributed by atoms with Crippen LogP contribution in [0.2, 0.25) is 0 Å². The van der Waals surface area contributed by atoms with Crippen molar-refractivity contribution in [3.63, 3.8) is 0 Å². The molecule has 1 aromatic carbocycles. The van der Waals surface area contributed by atoms with Crippen molar-refractivity contribution in [2.75, 3.05) is 0 Å². The van der Waals surface area contributed by atoms with Crippen LogP contribution < -0.4 is 16.4 Å². The molecule has 9 heteroatoms. The molecule has 4 N–H and O–H groups in total. The molecular weight excluding hydrogens is 420 g/mol. The second-order valence-electron chi connectivity index (χ2n) is 8.51. The predicted molar refractivity (Wildman–Crippen MR) is 123 cm³/mol. The van der Waals surface area contributed by atoms with Gasteiger partial charge in [0.25, 0.3) is 5.91 Å². The summed E-state index contributed by atoms with van der Waals surface area (Å²) in [6.07, 6.45) is 4.43. The number of fused-ring (bicyclic) bond motifs is 1. The van der Waals surface area contributed by atoms with Gasteiger partial charge in [-0.25, -0.2) is 9.50 Å². The van der Waals surface area contributed by atoms with E-state index in [1.165, 1.54) is 6.20 Å². The second kappa shape index (κ2) is 9.40. The van der Waals surface area contributed by atoms with Gasteiger partial charge < -0.3 is 16.4 Å². The van der Waals surface area contributed by atoms with Gasteiger partial charge in [-0.2, -0.15) is 5.10 Å². The molecule has 3 aromatic rings. The third-order valence-corrected chi connectivity index (χ3v) is 5.93. The van der Waals surface area contributed by atoms with Crippen molar-refractivity contribution in [2.24, 2.45) is 5.73 Å². The number of primary amides is 1. The fourth-order valence-corrected chi connectivity index (χ4v) is 3.94. The maximum atomic E-state index is 12.8. The Morgan fingerprint density at radius 2 is 1.91 bits per heavy atom. The van der Waals surface area contributed by atoms with Crippen LogP contribution >= 0.6 is 0 Å². The van der Waals surface area contributed by atoms with Crippen molar-refractivity contribution in [2.45, 2.75) is 58.0 Å². The molecule has 1 atom stereocenters. The molecule has 172 valence electrons. The number of nitrogens with two attached hydrogens (primary N) is 1. The second-order valence-corrected chi connectivity index (χ2v) is 8.51. The first kappa shape index (κ1) is 22.4. The predicted octanol–water partition coefficient (Wildman–Crippen LogP) is 1.38. The SMILES string of the molecule is Cc1nc2c(C(N)=O)cnn2c(C)c1CCC(=O)NC(Cc1ccccc1)C(=O)NC1CC1. The van der Waals surface area contributed by atoms with Crippen LogP contribution in [0.15, 0.2) is 36.5 Å². The van der Waals surface area contributed by atoms with E-state index < -0.39 is 11.9 Å². The van der Waals surface area contributed by atoms with Crippen molar-refractivity contribution in [1.82, 2.24) is 25.2 Å². The first-order valence-corrected chi connectivity index (χ1v) is 11.1. The molecule has 0 radical (unpaired) electrons. The molecule has 9 nitrogen and oxygen atoms in total. The molecule has 1 unspecified atom stereocenters. The van der Waals surface area contributed by atoms with Crippen molar-refractivity contribution < 1.29 is 14.4 Å². The quantitative estimate of drug-likeness (QED) is 0.455. The normalized spacial score (nSPS) is 14.1. The van der Waals surface area contributed by atoms with Crippen LogP contribution in [0, 0.1) is 13.8 Å². The number of hydrogen-bond donors (Lipinski definition) is 3. The molecule has 0 saturated heterocycles. The molecule has 33 heavy (non-hydrogen) atoms. The van der Waals surface area contributed by atoms with E-state index in [4.69, 9.17) is 5.73 Å². The van der Waals surface area contributed by atoms with E-state index in [0.29, 0.717) is 24.2 Å². The fourth-order valence-electron chi connectivity index (χ4n) is 3.94. The Morgan fingerprint density at radius 1 is 1.18 bits per heavy atom. The van der Waals surface area contributed by atoms with Gasteiger partial charge in [-0.05, 0) is 44.2 Å². The molecular formula is C24H28N6O3. The topological polar surface area (TPSA) is 131 Å². The van der Waals surface area contributed by atoms with Gasteiger partial charge in [0.15, 0.2) is 5.65 Å². The maximum Gasteiger partial charge on any atom is 0.254 e. The Balaban J connectivity index is 1.45. The van der Waals surface area contributed by atoms with Gasteiger partial charge >= 0.3 is 0 Å². The Kier molecular flexibility index (Phi) is 6.39. The van der Waals surface area contributed by atoms with Gasteiger partial charge in [0.05, 0.1) is 6.20 Å². The van der Waals surface area contributed by atoms with Crippen LogP contribution in [0.25, 0.3) is 5.65 Å². The lowest BCUT2D eigenvalue weighted by molar-refractivity contribution is -0.129. The Morgan fingerprint density at radius 3 is 2.58 bits per heavy atom. The minimum absolute atomic E-state index is 0.152. The zero-order chi connectivity index (χ0) is 23.5. The molecule has 1 aliphatic rings. The number of amides is 3. The number of carbonyl (C=O) groups is 3. The van der Waals surface area contributed by atoms with Gasteiger partial charge in [0, 0.05) is 30.3 Å². The first-order chi connectivity index (χ1) is 15.8. The summed E-state index contributed by atoms with van der Waals surface area (Å²) in [6.45, 7) is 3.70. The lowest BCUT2D eigenvalue weighted by Crippen LogP contribution is -2.48. The molecule has 1 fully saturated rings. The average Bonchev–Trinajstić information content (AvgIpc) is 3.49. The van der Waals surface area contributed by atoms with Crippen molar-refractivity contribution >= 4 is 23.4 Å². The van der Waals surface area contributed by atoms with Crippen molar-refractivity contribution in [3.8, 4) is 0 Å². The Hall–Kier alpha value is -3.75. The number of rotatable bonds is 9. The van der Waals surface area contributed by atoms with E-state index in [0.717, 1.165) is 29.7 Å².